The minimum Gasteiger partial charge on any atom is -0.331 e. The summed E-state index contributed by atoms with van der Waals surface area (Å²) >= 11 is 0. The van der Waals surface area contributed by atoms with E-state index in [1.807, 2.05) is 60.7 Å². The molecule has 0 unspecified atom stereocenters. The molecule has 0 spiro atoms. The second-order valence-electron chi connectivity index (χ2n) is 8.18. The molecular formula is C28H21NO4S. The molecule has 4 aromatic carbocycles. The number of carbonyl (C=O) groups excluding carboxylic acids is 2. The van der Waals surface area contributed by atoms with Crippen LogP contribution in [-0.4, -0.2) is 32.1 Å². The van der Waals surface area contributed by atoms with Crippen LogP contribution in [0.15, 0.2) is 113 Å². The van der Waals surface area contributed by atoms with Crippen molar-refractivity contribution in [2.75, 3.05) is 7.05 Å². The van der Waals surface area contributed by atoms with Crippen LogP contribution in [0.2, 0.25) is 0 Å². The number of rotatable bonds is 4. The van der Waals surface area contributed by atoms with E-state index in [1.165, 1.54) is 30.3 Å². The second-order valence-corrected chi connectivity index (χ2v) is 10.1. The standard InChI is InChI=1S/C28H21NO4S/c1-29(26(19-10-4-2-5-11-19)20-12-6-3-7-13-20)28(31)21-16-17-23-25(18-21)34(32,33)24-15-9-8-14-22(24)27(23)30/h2-18,26H,1H3. The van der Waals surface area contributed by atoms with E-state index >= 15 is 0 Å². The maximum absolute atomic E-state index is 13.6. The van der Waals surface area contributed by atoms with Gasteiger partial charge in [0.05, 0.1) is 15.8 Å². The number of carbonyl (C=O) groups is 2. The lowest BCUT2D eigenvalue weighted by Gasteiger charge is -2.29. The molecule has 168 valence electrons. The Morgan fingerprint density at radius 1 is 0.706 bits per heavy atom. The Balaban J connectivity index is 1.58. The average molecular weight is 468 g/mol. The maximum Gasteiger partial charge on any atom is 0.254 e. The van der Waals surface area contributed by atoms with Crippen molar-refractivity contribution in [3.05, 3.63) is 131 Å². The quantitative estimate of drug-likeness (QED) is 0.376. The summed E-state index contributed by atoms with van der Waals surface area (Å²) in [6.07, 6.45) is 0. The topological polar surface area (TPSA) is 71.5 Å². The van der Waals surface area contributed by atoms with Crippen LogP contribution >= 0.6 is 0 Å². The minimum atomic E-state index is -3.93. The molecule has 4 aromatic rings. The molecule has 0 aromatic heterocycles. The van der Waals surface area contributed by atoms with Crippen molar-refractivity contribution in [1.82, 2.24) is 4.90 Å². The van der Waals surface area contributed by atoms with Crippen LogP contribution in [0, 0.1) is 0 Å². The summed E-state index contributed by atoms with van der Waals surface area (Å²) in [5.41, 5.74) is 2.30. The van der Waals surface area contributed by atoms with Crippen LogP contribution in [0.3, 0.4) is 0 Å². The molecule has 0 fully saturated rings. The Labute approximate surface area is 198 Å². The molecule has 0 aliphatic carbocycles. The summed E-state index contributed by atoms with van der Waals surface area (Å²) in [6, 6.07) is 29.4. The van der Waals surface area contributed by atoms with Crippen LogP contribution in [0.25, 0.3) is 0 Å². The molecule has 0 saturated heterocycles. The number of sulfone groups is 1. The molecule has 5 rings (SSSR count). The zero-order valence-electron chi connectivity index (χ0n) is 18.4. The number of hydrogen-bond acceptors (Lipinski definition) is 4. The molecule has 5 nitrogen and oxygen atoms in total. The number of nitrogens with zero attached hydrogens (tertiary/aromatic N) is 1. The van der Waals surface area contributed by atoms with Crippen LogP contribution < -0.4 is 0 Å². The van der Waals surface area contributed by atoms with Crippen molar-refractivity contribution in [2.45, 2.75) is 15.8 Å². The molecule has 0 atom stereocenters. The third kappa shape index (κ3) is 3.53. The predicted octanol–water partition coefficient (Wildman–Crippen LogP) is 4.93. The molecule has 0 bridgehead atoms. The lowest BCUT2D eigenvalue weighted by Crippen LogP contribution is -2.32. The lowest BCUT2D eigenvalue weighted by atomic mass is 9.96. The number of ketones is 1. The fraction of sp³-hybridized carbons (Fsp3) is 0.0714. The summed E-state index contributed by atoms with van der Waals surface area (Å²) < 4.78 is 26.6. The Hall–Kier alpha value is -4.03. The van der Waals surface area contributed by atoms with Crippen molar-refractivity contribution in [1.29, 1.82) is 0 Å². The molecule has 1 heterocycles. The van der Waals surface area contributed by atoms with E-state index in [4.69, 9.17) is 0 Å². The SMILES string of the molecule is CN(C(=O)c1ccc2c(c1)S(=O)(=O)c1ccccc1C2=O)C(c1ccccc1)c1ccccc1. The van der Waals surface area contributed by atoms with Crippen LogP contribution in [0.1, 0.15) is 43.4 Å². The summed E-state index contributed by atoms with van der Waals surface area (Å²) in [7, 11) is -2.24. The van der Waals surface area contributed by atoms with E-state index in [2.05, 4.69) is 0 Å². The van der Waals surface area contributed by atoms with Crippen LogP contribution in [-0.2, 0) is 9.84 Å². The number of hydrogen-bond donors (Lipinski definition) is 0. The first kappa shape index (κ1) is 21.8. The highest BCUT2D eigenvalue weighted by molar-refractivity contribution is 7.91. The average Bonchev–Trinajstić information content (AvgIpc) is 2.88. The van der Waals surface area contributed by atoms with E-state index in [0.717, 1.165) is 11.1 Å². The highest BCUT2D eigenvalue weighted by Crippen LogP contribution is 2.36. The first-order valence-electron chi connectivity index (χ1n) is 10.8. The third-order valence-corrected chi connectivity index (χ3v) is 7.97. The van der Waals surface area contributed by atoms with Gasteiger partial charge in [-0.05, 0) is 41.5 Å². The summed E-state index contributed by atoms with van der Waals surface area (Å²) in [5, 5.41) is 0. The van der Waals surface area contributed by atoms with Gasteiger partial charge in [-0.25, -0.2) is 8.42 Å². The first-order chi connectivity index (χ1) is 16.4. The number of benzene rings is 4. The first-order valence-corrected chi connectivity index (χ1v) is 12.3. The zero-order chi connectivity index (χ0) is 23.9. The fourth-order valence-corrected chi connectivity index (χ4v) is 6.13. The van der Waals surface area contributed by atoms with Gasteiger partial charge in [0.1, 0.15) is 0 Å². The van der Waals surface area contributed by atoms with Gasteiger partial charge in [0.15, 0.2) is 5.78 Å². The summed E-state index contributed by atoms with van der Waals surface area (Å²) in [5.74, 6) is -0.707. The highest BCUT2D eigenvalue weighted by atomic mass is 32.2. The van der Waals surface area contributed by atoms with Gasteiger partial charge in [0, 0.05) is 23.7 Å². The smallest absolute Gasteiger partial charge is 0.254 e. The Morgan fingerprint density at radius 3 is 1.85 bits per heavy atom. The van der Waals surface area contributed by atoms with Crippen LogP contribution in [0.4, 0.5) is 0 Å². The second kappa shape index (κ2) is 8.39. The zero-order valence-corrected chi connectivity index (χ0v) is 19.2. The molecule has 0 N–H and O–H groups in total. The van der Waals surface area contributed by atoms with Crippen molar-refractivity contribution in [3.8, 4) is 0 Å². The van der Waals surface area contributed by atoms with Gasteiger partial charge in [0.25, 0.3) is 5.91 Å². The normalized spacial score (nSPS) is 13.8. The van der Waals surface area contributed by atoms with Gasteiger partial charge >= 0.3 is 0 Å². The van der Waals surface area contributed by atoms with E-state index in [0.29, 0.717) is 0 Å². The van der Waals surface area contributed by atoms with E-state index in [1.54, 1.807) is 24.1 Å². The molecule has 0 saturated carbocycles. The van der Waals surface area contributed by atoms with E-state index in [-0.39, 0.29) is 44.2 Å². The van der Waals surface area contributed by atoms with Crippen molar-refractivity contribution >= 4 is 21.5 Å². The van der Waals surface area contributed by atoms with Crippen molar-refractivity contribution in [2.24, 2.45) is 0 Å². The Morgan fingerprint density at radius 2 is 1.24 bits per heavy atom. The predicted molar refractivity (Wildman–Crippen MR) is 129 cm³/mol. The maximum atomic E-state index is 13.6. The summed E-state index contributed by atoms with van der Waals surface area (Å²) in [4.78, 5) is 28.0. The minimum absolute atomic E-state index is 0.0306. The van der Waals surface area contributed by atoms with Gasteiger partial charge in [-0.1, -0.05) is 72.8 Å². The lowest BCUT2D eigenvalue weighted by molar-refractivity contribution is 0.0754. The van der Waals surface area contributed by atoms with Crippen LogP contribution in [0.5, 0.6) is 0 Å². The van der Waals surface area contributed by atoms with Gasteiger partial charge in [0.2, 0.25) is 9.84 Å². The number of amides is 1. The van der Waals surface area contributed by atoms with E-state index in [9.17, 15) is 18.0 Å². The molecule has 34 heavy (non-hydrogen) atoms. The monoisotopic (exact) mass is 467 g/mol. The van der Waals surface area contributed by atoms with Gasteiger partial charge in [-0.15, -0.1) is 0 Å². The Bertz CT molecular complexity index is 1470. The molecule has 1 amide bonds. The molecular weight excluding hydrogens is 446 g/mol. The molecule has 0 radical (unpaired) electrons. The van der Waals surface area contributed by atoms with Gasteiger partial charge in [-0.2, -0.15) is 0 Å². The summed E-state index contributed by atoms with van der Waals surface area (Å²) in [6.45, 7) is 0. The van der Waals surface area contributed by atoms with Gasteiger partial charge in [-0.3, -0.25) is 9.59 Å². The Kier molecular flexibility index (Phi) is 5.38. The van der Waals surface area contributed by atoms with Crippen molar-refractivity contribution < 1.29 is 18.0 Å². The molecule has 1 aliphatic heterocycles. The molecule has 6 heteroatoms. The largest absolute Gasteiger partial charge is 0.331 e. The van der Waals surface area contributed by atoms with E-state index < -0.39 is 9.84 Å². The van der Waals surface area contributed by atoms with Crippen molar-refractivity contribution in [3.63, 3.8) is 0 Å². The number of fused-ring (bicyclic) bond motifs is 2. The fourth-order valence-electron chi connectivity index (χ4n) is 4.45. The third-order valence-electron chi connectivity index (χ3n) is 6.12. The molecule has 1 aliphatic rings. The highest BCUT2D eigenvalue weighted by Gasteiger charge is 2.35. The van der Waals surface area contributed by atoms with Gasteiger partial charge < -0.3 is 4.90 Å².